The molecule has 0 saturated carbocycles. The Morgan fingerprint density at radius 2 is 2.05 bits per heavy atom. The zero-order chi connectivity index (χ0) is 14.4. The van der Waals surface area contributed by atoms with Gasteiger partial charge in [-0.05, 0) is 12.3 Å². The van der Waals surface area contributed by atoms with Crippen LogP contribution in [0.4, 0.5) is 9.93 Å². The summed E-state index contributed by atoms with van der Waals surface area (Å²) in [6, 6.07) is -1.49. The van der Waals surface area contributed by atoms with E-state index in [9.17, 15) is 9.59 Å². The van der Waals surface area contributed by atoms with Gasteiger partial charge in [0.1, 0.15) is 11.0 Å². The first kappa shape index (κ1) is 15.4. The maximum absolute atomic E-state index is 11.7. The van der Waals surface area contributed by atoms with Crippen molar-refractivity contribution in [3.63, 3.8) is 0 Å². The summed E-state index contributed by atoms with van der Waals surface area (Å²) in [5.74, 6) is -1.19. The van der Waals surface area contributed by atoms with Crippen molar-refractivity contribution in [1.29, 1.82) is 0 Å². The Hall–Kier alpha value is -1.70. The molecule has 0 aliphatic rings. The summed E-state index contributed by atoms with van der Waals surface area (Å²) in [6.45, 7) is 5.59. The van der Waals surface area contributed by atoms with Gasteiger partial charge in [-0.3, -0.25) is 5.32 Å². The van der Waals surface area contributed by atoms with Crippen molar-refractivity contribution in [3.8, 4) is 0 Å². The largest absolute Gasteiger partial charge is 0.480 e. The quantitative estimate of drug-likeness (QED) is 0.738. The summed E-state index contributed by atoms with van der Waals surface area (Å²) >= 11 is 1.27. The average molecular weight is 286 g/mol. The molecule has 0 aliphatic carbocycles. The lowest BCUT2D eigenvalue weighted by Crippen LogP contribution is -2.46. The topological polar surface area (TPSA) is 104 Å². The van der Waals surface area contributed by atoms with Crippen molar-refractivity contribution in [3.05, 3.63) is 5.01 Å². The van der Waals surface area contributed by atoms with Gasteiger partial charge in [-0.15, -0.1) is 10.2 Å². The van der Waals surface area contributed by atoms with E-state index in [1.54, 1.807) is 6.92 Å². The summed E-state index contributed by atoms with van der Waals surface area (Å²) in [5, 5.41) is 22.8. The van der Waals surface area contributed by atoms with Gasteiger partial charge >= 0.3 is 12.0 Å². The predicted octanol–water partition coefficient (Wildman–Crippen LogP) is 1.72. The van der Waals surface area contributed by atoms with Crippen LogP contribution in [0.3, 0.4) is 0 Å². The highest BCUT2D eigenvalue weighted by molar-refractivity contribution is 7.15. The lowest BCUT2D eigenvalue weighted by atomic mass is 10.00. The molecule has 0 radical (unpaired) electrons. The summed E-state index contributed by atoms with van der Waals surface area (Å²) in [6.07, 6.45) is 1.40. The molecule has 1 aromatic rings. The van der Waals surface area contributed by atoms with Gasteiger partial charge < -0.3 is 10.4 Å². The number of rotatable bonds is 6. The summed E-state index contributed by atoms with van der Waals surface area (Å²) in [4.78, 5) is 22.8. The molecule has 0 aliphatic heterocycles. The summed E-state index contributed by atoms with van der Waals surface area (Å²) in [5.41, 5.74) is 0. The van der Waals surface area contributed by atoms with Crippen LogP contribution in [0.15, 0.2) is 0 Å². The van der Waals surface area contributed by atoms with E-state index in [-0.39, 0.29) is 5.92 Å². The minimum Gasteiger partial charge on any atom is -0.480 e. The van der Waals surface area contributed by atoms with Crippen molar-refractivity contribution in [2.45, 2.75) is 39.7 Å². The van der Waals surface area contributed by atoms with Crippen molar-refractivity contribution in [1.82, 2.24) is 15.5 Å². The van der Waals surface area contributed by atoms with Crippen LogP contribution in [-0.2, 0) is 11.2 Å². The Kier molecular flexibility index (Phi) is 5.68. The van der Waals surface area contributed by atoms with E-state index >= 15 is 0 Å². The van der Waals surface area contributed by atoms with Gasteiger partial charge in [0.15, 0.2) is 0 Å². The number of anilines is 1. The van der Waals surface area contributed by atoms with Gasteiger partial charge in [0.25, 0.3) is 0 Å². The van der Waals surface area contributed by atoms with Gasteiger partial charge in [-0.25, -0.2) is 9.59 Å². The molecule has 7 nitrogen and oxygen atoms in total. The van der Waals surface area contributed by atoms with Crippen LogP contribution in [0.1, 0.15) is 32.2 Å². The normalized spacial score (nSPS) is 13.6. The van der Waals surface area contributed by atoms with E-state index in [1.165, 1.54) is 11.3 Å². The Morgan fingerprint density at radius 3 is 2.53 bits per heavy atom. The lowest BCUT2D eigenvalue weighted by Gasteiger charge is -2.19. The highest BCUT2D eigenvalue weighted by Gasteiger charge is 2.25. The van der Waals surface area contributed by atoms with Gasteiger partial charge in [0.05, 0.1) is 0 Å². The van der Waals surface area contributed by atoms with Crippen molar-refractivity contribution in [2.24, 2.45) is 5.92 Å². The van der Waals surface area contributed by atoms with Gasteiger partial charge in [0, 0.05) is 0 Å². The van der Waals surface area contributed by atoms with Gasteiger partial charge in [0.2, 0.25) is 5.13 Å². The van der Waals surface area contributed by atoms with Crippen LogP contribution in [-0.4, -0.2) is 33.3 Å². The second-order valence-electron chi connectivity index (χ2n) is 4.15. The van der Waals surface area contributed by atoms with E-state index in [4.69, 9.17) is 5.11 Å². The van der Waals surface area contributed by atoms with Crippen molar-refractivity contribution < 1.29 is 14.7 Å². The van der Waals surface area contributed by atoms with E-state index in [0.29, 0.717) is 11.6 Å². The molecule has 2 atom stereocenters. The third kappa shape index (κ3) is 4.47. The molecule has 0 spiro atoms. The van der Waals surface area contributed by atoms with E-state index in [0.717, 1.165) is 11.4 Å². The molecule has 19 heavy (non-hydrogen) atoms. The third-order valence-electron chi connectivity index (χ3n) is 2.76. The number of aliphatic carboxylic acids is 1. The van der Waals surface area contributed by atoms with Crippen molar-refractivity contribution in [2.75, 3.05) is 5.32 Å². The zero-order valence-corrected chi connectivity index (χ0v) is 12.0. The Balaban J connectivity index is 2.60. The number of nitrogens with one attached hydrogen (secondary N) is 2. The Morgan fingerprint density at radius 1 is 1.37 bits per heavy atom. The average Bonchev–Trinajstić information content (AvgIpc) is 2.82. The summed E-state index contributed by atoms with van der Waals surface area (Å²) in [7, 11) is 0. The Labute approximate surface area is 115 Å². The highest BCUT2D eigenvalue weighted by Crippen LogP contribution is 2.15. The summed E-state index contributed by atoms with van der Waals surface area (Å²) < 4.78 is 0. The molecule has 1 unspecified atom stereocenters. The van der Waals surface area contributed by atoms with E-state index in [1.807, 2.05) is 13.8 Å². The first-order chi connectivity index (χ1) is 8.97. The minimum atomic E-state index is -1.05. The number of aryl methyl sites for hydroxylation is 1. The van der Waals surface area contributed by atoms with Crippen LogP contribution in [0.5, 0.6) is 0 Å². The molecule has 8 heteroatoms. The number of carbonyl (C=O) groups excluding carboxylic acids is 1. The fourth-order valence-electron chi connectivity index (χ4n) is 1.40. The van der Waals surface area contributed by atoms with Crippen LogP contribution in [0.2, 0.25) is 0 Å². The number of carboxylic acid groups (broad SMARTS) is 1. The van der Waals surface area contributed by atoms with Crippen LogP contribution < -0.4 is 10.6 Å². The third-order valence-corrected chi connectivity index (χ3v) is 3.74. The van der Waals surface area contributed by atoms with Gasteiger partial charge in [-0.1, -0.05) is 38.5 Å². The molecule has 0 saturated heterocycles. The van der Waals surface area contributed by atoms with E-state index < -0.39 is 18.0 Å². The Bertz CT molecular complexity index is 449. The molecular weight excluding hydrogens is 268 g/mol. The smallest absolute Gasteiger partial charge is 0.326 e. The second-order valence-corrected chi connectivity index (χ2v) is 5.22. The molecule has 2 amide bonds. The van der Waals surface area contributed by atoms with Crippen molar-refractivity contribution >= 4 is 28.5 Å². The maximum atomic E-state index is 11.7. The van der Waals surface area contributed by atoms with Crippen LogP contribution >= 0.6 is 11.3 Å². The number of hydrogen-bond acceptors (Lipinski definition) is 5. The monoisotopic (exact) mass is 286 g/mol. The minimum absolute atomic E-state index is 0.149. The number of aromatic nitrogens is 2. The number of nitrogens with zero attached hydrogens (tertiary/aromatic N) is 2. The molecule has 3 N–H and O–H groups in total. The maximum Gasteiger partial charge on any atom is 0.326 e. The standard InChI is InChI=1S/C11H18N4O3S/c1-4-6(3)8(9(16)17)12-10(18)13-11-15-14-7(5-2)19-11/h6,8H,4-5H2,1-3H3,(H,16,17)(H2,12,13,15,18)/t6?,8-/m0/s1. The lowest BCUT2D eigenvalue weighted by molar-refractivity contribution is -0.140. The highest BCUT2D eigenvalue weighted by atomic mass is 32.1. The van der Waals surface area contributed by atoms with Crippen LogP contribution in [0, 0.1) is 5.92 Å². The fraction of sp³-hybridized carbons (Fsp3) is 0.636. The molecule has 0 fully saturated rings. The van der Waals surface area contributed by atoms with Gasteiger partial charge in [-0.2, -0.15) is 0 Å². The number of carbonyl (C=O) groups is 2. The number of urea groups is 1. The second kappa shape index (κ2) is 7.03. The fourth-order valence-corrected chi connectivity index (χ4v) is 2.08. The SMILES string of the molecule is CCc1nnc(NC(=O)N[C@H](C(=O)O)C(C)CC)s1. The molecule has 1 aromatic heterocycles. The first-order valence-electron chi connectivity index (χ1n) is 6.10. The number of carboxylic acids is 1. The molecular formula is C11H18N4O3S. The molecule has 0 aromatic carbocycles. The number of amides is 2. The van der Waals surface area contributed by atoms with Crippen LogP contribution in [0.25, 0.3) is 0 Å². The van der Waals surface area contributed by atoms with E-state index in [2.05, 4.69) is 20.8 Å². The molecule has 1 heterocycles. The molecule has 106 valence electrons. The number of hydrogen-bond donors (Lipinski definition) is 3. The zero-order valence-electron chi connectivity index (χ0n) is 11.1. The molecule has 1 rings (SSSR count). The predicted molar refractivity (Wildman–Crippen MR) is 72.3 cm³/mol. The first-order valence-corrected chi connectivity index (χ1v) is 6.92. The molecule has 0 bridgehead atoms.